The summed E-state index contributed by atoms with van der Waals surface area (Å²) in [6.45, 7) is 0.198. The first-order chi connectivity index (χ1) is 19.0. The molecular formula is C30H30N4O5. The first-order valence-electron chi connectivity index (χ1n) is 13.0. The van der Waals surface area contributed by atoms with Crippen LogP contribution in [0.3, 0.4) is 0 Å². The number of hydrogen-bond acceptors (Lipinski definition) is 6. The van der Waals surface area contributed by atoms with Crippen molar-refractivity contribution in [3.05, 3.63) is 96.1 Å². The van der Waals surface area contributed by atoms with Gasteiger partial charge in [0.05, 0.1) is 17.4 Å². The molecule has 1 saturated heterocycles. The highest BCUT2D eigenvalue weighted by Gasteiger charge is 2.41. The predicted octanol–water partition coefficient (Wildman–Crippen LogP) is 2.74. The molecule has 3 amide bonds. The molecule has 9 nitrogen and oxygen atoms in total. The van der Waals surface area contributed by atoms with Crippen molar-refractivity contribution in [1.29, 1.82) is 0 Å². The first-order valence-corrected chi connectivity index (χ1v) is 13.0. The standard InChI is InChI=1S/C30H30N4O5/c35-25(31-18-17-20-9-3-1-4-10-20)19-34-23-14-8-7-13-22(23)32-27(21-11-5-2-6-12-21)28(30(34)38)33-29(37)24-15-16-26(36)39-24/h1-14,24,27-28,32H,15-19H2,(H,31,35)(H,33,37)/t24-,27+,28+/m0/s1. The number of cyclic esters (lactones) is 1. The molecule has 0 spiro atoms. The number of carbonyl (C=O) groups excluding carboxylic acids is 4. The maximum Gasteiger partial charge on any atom is 0.306 e. The lowest BCUT2D eigenvalue weighted by Gasteiger charge is -2.29. The molecule has 2 aliphatic rings. The number of rotatable bonds is 8. The Kier molecular flexibility index (Phi) is 7.86. The van der Waals surface area contributed by atoms with Crippen molar-refractivity contribution in [2.24, 2.45) is 0 Å². The summed E-state index contributed by atoms with van der Waals surface area (Å²) in [6.07, 6.45) is 0.107. The van der Waals surface area contributed by atoms with Crippen molar-refractivity contribution < 1.29 is 23.9 Å². The van der Waals surface area contributed by atoms with Gasteiger partial charge in [-0.3, -0.25) is 24.1 Å². The van der Waals surface area contributed by atoms with Crippen molar-refractivity contribution in [1.82, 2.24) is 10.6 Å². The second-order valence-electron chi connectivity index (χ2n) is 9.56. The van der Waals surface area contributed by atoms with Crippen LogP contribution in [0, 0.1) is 0 Å². The van der Waals surface area contributed by atoms with E-state index < -0.39 is 36.0 Å². The summed E-state index contributed by atoms with van der Waals surface area (Å²) < 4.78 is 5.15. The highest BCUT2D eigenvalue weighted by Crippen LogP contribution is 2.35. The van der Waals surface area contributed by atoms with Crippen LogP contribution in [0.5, 0.6) is 0 Å². The molecule has 9 heteroatoms. The summed E-state index contributed by atoms with van der Waals surface area (Å²) in [5.74, 6) is -1.75. The van der Waals surface area contributed by atoms with Crippen molar-refractivity contribution in [2.45, 2.75) is 37.5 Å². The van der Waals surface area contributed by atoms with Crippen LogP contribution in [0.4, 0.5) is 11.4 Å². The lowest BCUT2D eigenvalue weighted by Crippen LogP contribution is -2.55. The number of esters is 1. The van der Waals surface area contributed by atoms with Crippen LogP contribution >= 0.6 is 0 Å². The monoisotopic (exact) mass is 526 g/mol. The molecule has 1 fully saturated rings. The highest BCUT2D eigenvalue weighted by atomic mass is 16.6. The third kappa shape index (κ3) is 6.09. The van der Waals surface area contributed by atoms with Gasteiger partial charge in [0, 0.05) is 19.4 Å². The number of benzene rings is 3. The van der Waals surface area contributed by atoms with E-state index in [0.717, 1.165) is 11.1 Å². The van der Waals surface area contributed by atoms with Crippen LogP contribution in [-0.4, -0.2) is 48.9 Å². The van der Waals surface area contributed by atoms with E-state index in [4.69, 9.17) is 4.74 Å². The number of ether oxygens (including phenoxy) is 1. The Morgan fingerprint density at radius 2 is 1.62 bits per heavy atom. The van der Waals surface area contributed by atoms with Gasteiger partial charge in [0.1, 0.15) is 12.6 Å². The number of nitrogens with one attached hydrogen (secondary N) is 3. The Morgan fingerprint density at radius 3 is 2.33 bits per heavy atom. The van der Waals surface area contributed by atoms with E-state index >= 15 is 0 Å². The highest BCUT2D eigenvalue weighted by molar-refractivity contribution is 6.07. The maximum absolute atomic E-state index is 14.1. The Bertz CT molecular complexity index is 1350. The van der Waals surface area contributed by atoms with Crippen LogP contribution in [0.25, 0.3) is 0 Å². The van der Waals surface area contributed by atoms with Crippen molar-refractivity contribution in [3.63, 3.8) is 0 Å². The Balaban J connectivity index is 1.40. The summed E-state index contributed by atoms with van der Waals surface area (Å²) in [6, 6.07) is 24.7. The largest absolute Gasteiger partial charge is 0.452 e. The van der Waals surface area contributed by atoms with Crippen molar-refractivity contribution in [3.8, 4) is 0 Å². The summed E-state index contributed by atoms with van der Waals surface area (Å²) in [5, 5.41) is 9.13. The SMILES string of the molecule is O=C(CN1C(=O)[C@H](NC(=O)[C@@H]2CCC(=O)O2)[C@@H](c2ccccc2)Nc2ccccc21)NCCc1ccccc1. The molecule has 200 valence electrons. The molecule has 0 saturated carbocycles. The lowest BCUT2D eigenvalue weighted by atomic mass is 9.98. The second-order valence-corrected chi connectivity index (χ2v) is 9.56. The number of nitrogens with zero attached hydrogens (tertiary/aromatic N) is 1. The molecule has 39 heavy (non-hydrogen) atoms. The van der Waals surface area contributed by atoms with Gasteiger partial charge in [0.15, 0.2) is 6.10 Å². The van der Waals surface area contributed by atoms with Crippen molar-refractivity contribution >= 4 is 35.1 Å². The van der Waals surface area contributed by atoms with Gasteiger partial charge in [-0.25, -0.2) is 0 Å². The van der Waals surface area contributed by atoms with E-state index in [2.05, 4.69) is 16.0 Å². The van der Waals surface area contributed by atoms with E-state index in [9.17, 15) is 19.2 Å². The number of para-hydroxylation sites is 2. The zero-order chi connectivity index (χ0) is 27.2. The molecule has 3 N–H and O–H groups in total. The molecular weight excluding hydrogens is 496 g/mol. The quantitative estimate of drug-likeness (QED) is 0.389. The average molecular weight is 527 g/mol. The summed E-state index contributed by atoms with van der Waals surface area (Å²) >= 11 is 0. The minimum Gasteiger partial charge on any atom is -0.452 e. The zero-order valence-corrected chi connectivity index (χ0v) is 21.3. The number of fused-ring (bicyclic) bond motifs is 1. The average Bonchev–Trinajstić information content (AvgIpc) is 3.36. The topological polar surface area (TPSA) is 117 Å². The zero-order valence-electron chi connectivity index (χ0n) is 21.3. The molecule has 0 bridgehead atoms. The Hall–Kier alpha value is -4.66. The third-order valence-electron chi connectivity index (χ3n) is 6.88. The predicted molar refractivity (Wildman–Crippen MR) is 146 cm³/mol. The van der Waals surface area contributed by atoms with Gasteiger partial charge in [-0.1, -0.05) is 72.8 Å². The van der Waals surface area contributed by atoms with Crippen LogP contribution in [0.15, 0.2) is 84.9 Å². The van der Waals surface area contributed by atoms with Gasteiger partial charge in [-0.05, 0) is 29.7 Å². The van der Waals surface area contributed by atoms with Crippen LogP contribution < -0.4 is 20.9 Å². The van der Waals surface area contributed by atoms with Gasteiger partial charge in [0.2, 0.25) is 5.91 Å². The number of amides is 3. The fraction of sp³-hybridized carbons (Fsp3) is 0.267. The fourth-order valence-electron chi connectivity index (χ4n) is 4.90. The summed E-state index contributed by atoms with van der Waals surface area (Å²) in [4.78, 5) is 53.3. The van der Waals surface area contributed by atoms with Crippen molar-refractivity contribution in [2.75, 3.05) is 23.3 Å². The number of carbonyl (C=O) groups is 4. The third-order valence-corrected chi connectivity index (χ3v) is 6.88. The molecule has 2 heterocycles. The first kappa shape index (κ1) is 26.0. The molecule has 0 radical (unpaired) electrons. The van der Waals surface area contributed by atoms with Crippen LogP contribution in [-0.2, 0) is 30.3 Å². The van der Waals surface area contributed by atoms with E-state index in [0.29, 0.717) is 24.3 Å². The number of anilines is 2. The number of hydrogen-bond donors (Lipinski definition) is 3. The molecule has 3 aromatic carbocycles. The normalized spacial score (nSPS) is 20.3. The van der Waals surface area contributed by atoms with E-state index in [1.807, 2.05) is 72.8 Å². The van der Waals surface area contributed by atoms with Gasteiger partial charge in [-0.15, -0.1) is 0 Å². The fourth-order valence-corrected chi connectivity index (χ4v) is 4.90. The molecule has 0 aromatic heterocycles. The van der Waals surface area contributed by atoms with Gasteiger partial charge < -0.3 is 20.7 Å². The Labute approximate surface area is 226 Å². The van der Waals surface area contributed by atoms with E-state index in [-0.39, 0.29) is 25.3 Å². The molecule has 2 aliphatic heterocycles. The van der Waals surface area contributed by atoms with E-state index in [1.165, 1.54) is 4.90 Å². The lowest BCUT2D eigenvalue weighted by molar-refractivity contribution is -0.148. The maximum atomic E-state index is 14.1. The molecule has 0 aliphatic carbocycles. The molecule has 5 rings (SSSR count). The molecule has 3 aromatic rings. The second kappa shape index (κ2) is 11.8. The Morgan fingerprint density at radius 1 is 0.923 bits per heavy atom. The smallest absolute Gasteiger partial charge is 0.306 e. The molecule has 0 unspecified atom stereocenters. The minimum atomic E-state index is -1.07. The van der Waals surface area contributed by atoms with Crippen LogP contribution in [0.2, 0.25) is 0 Å². The minimum absolute atomic E-state index is 0.151. The van der Waals surface area contributed by atoms with Gasteiger partial charge in [-0.2, -0.15) is 0 Å². The van der Waals surface area contributed by atoms with Gasteiger partial charge >= 0.3 is 5.97 Å². The van der Waals surface area contributed by atoms with Gasteiger partial charge in [0.25, 0.3) is 11.8 Å². The summed E-state index contributed by atoms with van der Waals surface area (Å²) in [7, 11) is 0. The van der Waals surface area contributed by atoms with Crippen LogP contribution in [0.1, 0.15) is 30.0 Å². The van der Waals surface area contributed by atoms with E-state index in [1.54, 1.807) is 12.1 Å². The summed E-state index contributed by atoms with van der Waals surface area (Å²) in [5.41, 5.74) is 3.06. The molecule has 3 atom stereocenters.